The topological polar surface area (TPSA) is 64.8 Å². The second kappa shape index (κ2) is 6.85. The summed E-state index contributed by atoms with van der Waals surface area (Å²) >= 11 is 0. The van der Waals surface area contributed by atoms with Crippen molar-refractivity contribution in [3.8, 4) is 6.07 Å². The predicted molar refractivity (Wildman–Crippen MR) is 103 cm³/mol. The molecule has 0 radical (unpaired) electrons. The molecular weight excluding hydrogens is 322 g/mol. The van der Waals surface area contributed by atoms with E-state index in [4.69, 9.17) is 4.98 Å². The molecule has 26 heavy (non-hydrogen) atoms. The molecule has 0 unspecified atom stereocenters. The molecule has 1 aliphatic heterocycles. The summed E-state index contributed by atoms with van der Waals surface area (Å²) in [6.45, 7) is 2.86. The lowest BCUT2D eigenvalue weighted by atomic mass is 10.0. The van der Waals surface area contributed by atoms with Crippen molar-refractivity contribution in [2.24, 2.45) is 0 Å². The van der Waals surface area contributed by atoms with Crippen LogP contribution in [0.3, 0.4) is 0 Å². The van der Waals surface area contributed by atoms with Crippen LogP contribution in [0.2, 0.25) is 0 Å². The minimum Gasteiger partial charge on any atom is -0.339 e. The largest absolute Gasteiger partial charge is 0.339 e. The van der Waals surface area contributed by atoms with Crippen LogP contribution in [0.1, 0.15) is 23.2 Å². The third-order valence-corrected chi connectivity index (χ3v) is 4.50. The Morgan fingerprint density at radius 1 is 1.08 bits per heavy atom. The van der Waals surface area contributed by atoms with Crippen molar-refractivity contribution >= 4 is 23.1 Å². The molecule has 0 saturated heterocycles. The molecule has 2 aromatic carbocycles. The van der Waals surface area contributed by atoms with E-state index in [2.05, 4.69) is 45.5 Å². The van der Waals surface area contributed by atoms with E-state index in [1.54, 1.807) is 6.07 Å². The average Bonchev–Trinajstić information content (AvgIpc) is 2.67. The molecule has 0 amide bonds. The molecular formula is C21H19N5. The SMILES string of the molecule is Cc1cc(Nc2ccccc2C#N)nc(N2CCCc3ccccc32)n1. The van der Waals surface area contributed by atoms with Crippen molar-refractivity contribution in [3.05, 3.63) is 71.4 Å². The van der Waals surface area contributed by atoms with E-state index in [1.807, 2.05) is 31.2 Å². The summed E-state index contributed by atoms with van der Waals surface area (Å²) in [4.78, 5) is 11.5. The molecule has 0 fully saturated rings. The van der Waals surface area contributed by atoms with Crippen LogP contribution >= 0.6 is 0 Å². The van der Waals surface area contributed by atoms with Gasteiger partial charge >= 0.3 is 0 Å². The summed E-state index contributed by atoms with van der Waals surface area (Å²) in [6, 6.07) is 19.9. The molecule has 1 N–H and O–H groups in total. The lowest BCUT2D eigenvalue weighted by Gasteiger charge is -2.29. The normalized spacial score (nSPS) is 13.0. The Balaban J connectivity index is 1.71. The Hall–Kier alpha value is -3.39. The van der Waals surface area contributed by atoms with Gasteiger partial charge in [0.1, 0.15) is 11.9 Å². The molecule has 2 heterocycles. The fourth-order valence-electron chi connectivity index (χ4n) is 3.31. The van der Waals surface area contributed by atoms with Crippen LogP contribution < -0.4 is 10.2 Å². The van der Waals surface area contributed by atoms with E-state index in [0.29, 0.717) is 17.3 Å². The van der Waals surface area contributed by atoms with Gasteiger partial charge in [-0.3, -0.25) is 0 Å². The lowest BCUT2D eigenvalue weighted by Crippen LogP contribution is -2.26. The van der Waals surface area contributed by atoms with Crippen LogP contribution in [0.4, 0.5) is 23.1 Å². The highest BCUT2D eigenvalue weighted by Gasteiger charge is 2.20. The molecule has 0 saturated carbocycles. The first kappa shape index (κ1) is 16.1. The standard InChI is InChI=1S/C21H19N5/c1-15-13-20(24-18-10-4-2-8-17(18)14-22)25-21(23-15)26-12-6-9-16-7-3-5-11-19(16)26/h2-5,7-8,10-11,13H,6,9,12H2,1H3,(H,23,24,25). The zero-order chi connectivity index (χ0) is 17.9. The Morgan fingerprint density at radius 2 is 1.88 bits per heavy atom. The molecule has 0 aliphatic carbocycles. The highest BCUT2D eigenvalue weighted by molar-refractivity contribution is 5.67. The van der Waals surface area contributed by atoms with Gasteiger partial charge in [0.15, 0.2) is 0 Å². The Morgan fingerprint density at radius 3 is 2.77 bits per heavy atom. The summed E-state index contributed by atoms with van der Waals surface area (Å²) in [5, 5.41) is 12.6. The van der Waals surface area contributed by atoms with E-state index in [1.165, 1.54) is 11.3 Å². The Labute approximate surface area is 153 Å². The molecule has 1 aromatic heterocycles. The first-order chi connectivity index (χ1) is 12.7. The summed E-state index contributed by atoms with van der Waals surface area (Å²) in [6.07, 6.45) is 2.16. The molecule has 0 spiro atoms. The average molecular weight is 341 g/mol. The summed E-state index contributed by atoms with van der Waals surface area (Å²) in [5.74, 6) is 1.38. The number of para-hydroxylation sites is 2. The molecule has 1 aliphatic rings. The van der Waals surface area contributed by atoms with Crippen molar-refractivity contribution in [3.63, 3.8) is 0 Å². The monoisotopic (exact) mass is 341 g/mol. The zero-order valence-electron chi connectivity index (χ0n) is 14.6. The minimum atomic E-state index is 0.591. The van der Waals surface area contributed by atoms with Crippen LogP contribution in [0.15, 0.2) is 54.6 Å². The highest BCUT2D eigenvalue weighted by atomic mass is 15.3. The van der Waals surface area contributed by atoms with Gasteiger partial charge < -0.3 is 10.2 Å². The molecule has 3 aromatic rings. The Kier molecular flexibility index (Phi) is 4.24. The van der Waals surface area contributed by atoms with Crippen molar-refractivity contribution in [2.45, 2.75) is 19.8 Å². The highest BCUT2D eigenvalue weighted by Crippen LogP contribution is 2.32. The number of benzene rings is 2. The van der Waals surface area contributed by atoms with Crippen molar-refractivity contribution in [1.29, 1.82) is 5.26 Å². The summed E-state index contributed by atoms with van der Waals surface area (Å²) < 4.78 is 0. The van der Waals surface area contributed by atoms with Crippen LogP contribution in [0.25, 0.3) is 0 Å². The lowest BCUT2D eigenvalue weighted by molar-refractivity contribution is 0.749. The number of nitrogens with zero attached hydrogens (tertiary/aromatic N) is 4. The molecule has 4 rings (SSSR count). The first-order valence-electron chi connectivity index (χ1n) is 8.72. The second-order valence-electron chi connectivity index (χ2n) is 6.36. The number of nitrogens with one attached hydrogen (secondary N) is 1. The van der Waals surface area contributed by atoms with Crippen LogP contribution in [0, 0.1) is 18.3 Å². The predicted octanol–water partition coefficient (Wildman–Crippen LogP) is 4.48. The number of aromatic nitrogens is 2. The quantitative estimate of drug-likeness (QED) is 0.760. The number of nitriles is 1. The van der Waals surface area contributed by atoms with Crippen LogP contribution in [-0.4, -0.2) is 16.5 Å². The Bertz CT molecular complexity index is 990. The maximum atomic E-state index is 9.29. The number of aryl methyl sites for hydroxylation is 2. The minimum absolute atomic E-state index is 0.591. The second-order valence-corrected chi connectivity index (χ2v) is 6.36. The smallest absolute Gasteiger partial charge is 0.232 e. The fraction of sp³-hybridized carbons (Fsp3) is 0.190. The van der Waals surface area contributed by atoms with Gasteiger partial charge in [0, 0.05) is 24.0 Å². The van der Waals surface area contributed by atoms with Gasteiger partial charge in [-0.1, -0.05) is 30.3 Å². The van der Waals surface area contributed by atoms with Gasteiger partial charge in [0.05, 0.1) is 11.3 Å². The number of anilines is 4. The molecule has 5 nitrogen and oxygen atoms in total. The first-order valence-corrected chi connectivity index (χ1v) is 8.72. The van der Waals surface area contributed by atoms with Crippen molar-refractivity contribution < 1.29 is 0 Å². The van der Waals surface area contributed by atoms with Crippen LogP contribution in [-0.2, 0) is 6.42 Å². The maximum Gasteiger partial charge on any atom is 0.232 e. The maximum absolute atomic E-state index is 9.29. The zero-order valence-corrected chi connectivity index (χ0v) is 14.6. The summed E-state index contributed by atoms with van der Waals surface area (Å²) in [5.41, 5.74) is 4.72. The van der Waals surface area contributed by atoms with Gasteiger partial charge in [-0.15, -0.1) is 0 Å². The fourth-order valence-corrected chi connectivity index (χ4v) is 3.31. The van der Waals surface area contributed by atoms with Gasteiger partial charge in [-0.25, -0.2) is 4.98 Å². The van der Waals surface area contributed by atoms with Gasteiger partial charge in [0.25, 0.3) is 0 Å². The van der Waals surface area contributed by atoms with Crippen LogP contribution in [0.5, 0.6) is 0 Å². The van der Waals surface area contributed by atoms with E-state index in [0.717, 1.165) is 30.8 Å². The van der Waals surface area contributed by atoms with Gasteiger partial charge in [-0.05, 0) is 43.5 Å². The number of hydrogen-bond donors (Lipinski definition) is 1. The summed E-state index contributed by atoms with van der Waals surface area (Å²) in [7, 11) is 0. The molecule has 128 valence electrons. The third-order valence-electron chi connectivity index (χ3n) is 4.50. The molecule has 5 heteroatoms. The van der Waals surface area contributed by atoms with Gasteiger partial charge in [0.2, 0.25) is 5.95 Å². The number of rotatable bonds is 3. The molecule has 0 bridgehead atoms. The van der Waals surface area contributed by atoms with E-state index < -0.39 is 0 Å². The van der Waals surface area contributed by atoms with Gasteiger partial charge in [-0.2, -0.15) is 10.2 Å². The van der Waals surface area contributed by atoms with E-state index >= 15 is 0 Å². The van der Waals surface area contributed by atoms with E-state index in [9.17, 15) is 5.26 Å². The molecule has 0 atom stereocenters. The number of fused-ring (bicyclic) bond motifs is 1. The third kappa shape index (κ3) is 3.09. The van der Waals surface area contributed by atoms with Crippen molar-refractivity contribution in [1.82, 2.24) is 9.97 Å². The number of hydrogen-bond acceptors (Lipinski definition) is 5. The van der Waals surface area contributed by atoms with Crippen molar-refractivity contribution in [2.75, 3.05) is 16.8 Å². The van der Waals surface area contributed by atoms with E-state index in [-0.39, 0.29) is 0 Å².